The molecule has 0 atom stereocenters. The van der Waals surface area contributed by atoms with E-state index in [0.29, 0.717) is 38.7 Å². The van der Waals surface area contributed by atoms with Crippen molar-refractivity contribution in [2.45, 2.75) is 13.5 Å². The zero-order valence-corrected chi connectivity index (χ0v) is 17.8. The Balaban J connectivity index is 1.50. The Morgan fingerprint density at radius 1 is 1.09 bits per heavy atom. The third kappa shape index (κ3) is 4.60. The van der Waals surface area contributed by atoms with Gasteiger partial charge in [0.15, 0.2) is 0 Å². The second kappa shape index (κ2) is 9.16. The molecular formula is C25H18ClFN2O3. The number of carbonyl (C=O) groups is 2. The first-order valence-electron chi connectivity index (χ1n) is 9.80. The summed E-state index contributed by atoms with van der Waals surface area (Å²) in [6, 6.07) is 19.7. The molecule has 0 unspecified atom stereocenters. The van der Waals surface area contributed by atoms with Crippen LogP contribution in [0.15, 0.2) is 83.5 Å². The average Bonchev–Trinajstić information content (AvgIpc) is 3.07. The highest BCUT2D eigenvalue weighted by atomic mass is 35.5. The van der Waals surface area contributed by atoms with Gasteiger partial charge in [0.2, 0.25) is 0 Å². The summed E-state index contributed by atoms with van der Waals surface area (Å²) in [5.74, 6) is -0.893. The second-order valence-corrected chi connectivity index (χ2v) is 7.55. The zero-order chi connectivity index (χ0) is 22.7. The number of hydrogen-bond acceptors (Lipinski definition) is 4. The molecule has 32 heavy (non-hydrogen) atoms. The van der Waals surface area contributed by atoms with Crippen LogP contribution in [0.3, 0.4) is 0 Å². The maximum atomic E-state index is 13.3. The predicted octanol–water partition coefficient (Wildman–Crippen LogP) is 5.50. The van der Waals surface area contributed by atoms with E-state index in [1.165, 1.54) is 12.1 Å². The van der Waals surface area contributed by atoms with E-state index in [2.05, 4.69) is 5.10 Å². The van der Waals surface area contributed by atoms with Crippen molar-refractivity contribution in [2.24, 2.45) is 5.10 Å². The van der Waals surface area contributed by atoms with Gasteiger partial charge in [0.25, 0.3) is 11.8 Å². The normalized spacial score (nSPS) is 14.6. The number of hydrogen-bond donors (Lipinski definition) is 0. The van der Waals surface area contributed by atoms with Gasteiger partial charge in [-0.1, -0.05) is 48.0 Å². The number of amides is 2. The number of carbonyl (C=O) groups excluding carboxylic acids is 2. The van der Waals surface area contributed by atoms with E-state index in [1.54, 1.807) is 73.7 Å². The van der Waals surface area contributed by atoms with Gasteiger partial charge in [0, 0.05) is 5.56 Å². The summed E-state index contributed by atoms with van der Waals surface area (Å²) in [7, 11) is 0. The summed E-state index contributed by atoms with van der Waals surface area (Å²) in [5.41, 5.74) is 2.45. The van der Waals surface area contributed by atoms with Gasteiger partial charge in [-0.25, -0.2) is 4.39 Å². The summed E-state index contributed by atoms with van der Waals surface area (Å²) in [4.78, 5) is 25.4. The monoisotopic (exact) mass is 448 g/mol. The topological polar surface area (TPSA) is 59.0 Å². The number of rotatable bonds is 5. The van der Waals surface area contributed by atoms with Crippen LogP contribution in [0, 0.1) is 5.82 Å². The van der Waals surface area contributed by atoms with Crippen LogP contribution in [-0.2, 0) is 11.4 Å². The largest absolute Gasteiger partial charge is 0.487 e. The minimum Gasteiger partial charge on any atom is -0.487 e. The maximum Gasteiger partial charge on any atom is 0.283 e. The standard InChI is InChI=1S/C25H18ClFN2O3/c1-16-21(25(31)29(28-16)24(30)19-7-3-2-4-8-19)13-17-10-11-23(22(26)14-17)32-15-18-6-5-9-20(27)12-18/h2-14H,15H2,1H3/b21-13+. The molecule has 1 heterocycles. The molecule has 5 nitrogen and oxygen atoms in total. The molecule has 0 N–H and O–H groups in total. The van der Waals surface area contributed by atoms with Gasteiger partial charge >= 0.3 is 0 Å². The molecule has 1 aliphatic rings. The lowest BCUT2D eigenvalue weighted by Gasteiger charge is -2.10. The molecular weight excluding hydrogens is 431 g/mol. The molecule has 0 aliphatic carbocycles. The van der Waals surface area contributed by atoms with Crippen LogP contribution < -0.4 is 4.74 Å². The van der Waals surface area contributed by atoms with E-state index in [4.69, 9.17) is 16.3 Å². The lowest BCUT2D eigenvalue weighted by molar-refractivity contribution is -0.123. The van der Waals surface area contributed by atoms with Crippen LogP contribution in [0.2, 0.25) is 5.02 Å². The van der Waals surface area contributed by atoms with E-state index in [-0.39, 0.29) is 12.4 Å². The molecule has 0 saturated carbocycles. The quantitative estimate of drug-likeness (QED) is 0.382. The van der Waals surface area contributed by atoms with Gasteiger partial charge in [0.1, 0.15) is 18.2 Å². The number of hydrazone groups is 1. The summed E-state index contributed by atoms with van der Waals surface area (Å²) >= 11 is 6.34. The number of imide groups is 1. The van der Waals surface area contributed by atoms with E-state index in [1.807, 2.05) is 0 Å². The summed E-state index contributed by atoms with van der Waals surface area (Å²) in [5, 5.41) is 5.34. The van der Waals surface area contributed by atoms with Gasteiger partial charge in [-0.05, 0) is 60.5 Å². The van der Waals surface area contributed by atoms with Gasteiger partial charge in [-0.2, -0.15) is 10.1 Å². The van der Waals surface area contributed by atoms with E-state index in [0.717, 1.165) is 5.01 Å². The van der Waals surface area contributed by atoms with Crippen molar-refractivity contribution in [3.63, 3.8) is 0 Å². The third-order valence-corrected chi connectivity index (χ3v) is 5.12. The molecule has 1 aliphatic heterocycles. The van der Waals surface area contributed by atoms with Crippen molar-refractivity contribution in [3.05, 3.63) is 106 Å². The molecule has 0 spiro atoms. The molecule has 7 heteroatoms. The van der Waals surface area contributed by atoms with E-state index in [9.17, 15) is 14.0 Å². The zero-order valence-electron chi connectivity index (χ0n) is 17.1. The Hall–Kier alpha value is -3.77. The Morgan fingerprint density at radius 3 is 2.59 bits per heavy atom. The molecule has 0 radical (unpaired) electrons. The molecule has 3 aromatic carbocycles. The molecule has 2 amide bonds. The van der Waals surface area contributed by atoms with E-state index >= 15 is 0 Å². The van der Waals surface area contributed by atoms with Crippen LogP contribution in [0.1, 0.15) is 28.4 Å². The molecule has 0 fully saturated rings. The minimum atomic E-state index is -0.501. The summed E-state index contributed by atoms with van der Waals surface area (Å²) < 4.78 is 19.0. The van der Waals surface area contributed by atoms with Crippen molar-refractivity contribution in [1.29, 1.82) is 0 Å². The van der Waals surface area contributed by atoms with E-state index < -0.39 is 11.8 Å². The molecule has 0 aromatic heterocycles. The fraction of sp³-hybridized carbons (Fsp3) is 0.0800. The molecule has 0 saturated heterocycles. The first-order valence-corrected chi connectivity index (χ1v) is 10.2. The number of nitrogens with zero attached hydrogens (tertiary/aromatic N) is 2. The maximum absolute atomic E-state index is 13.3. The highest BCUT2D eigenvalue weighted by molar-refractivity contribution is 6.33. The number of benzene rings is 3. The van der Waals surface area contributed by atoms with Crippen molar-refractivity contribution < 1.29 is 18.7 Å². The fourth-order valence-electron chi connectivity index (χ4n) is 3.20. The van der Waals surface area contributed by atoms with Gasteiger partial charge in [0.05, 0.1) is 16.3 Å². The number of ether oxygens (including phenoxy) is 1. The second-order valence-electron chi connectivity index (χ2n) is 7.14. The average molecular weight is 449 g/mol. The molecule has 4 rings (SSSR count). The Morgan fingerprint density at radius 2 is 1.88 bits per heavy atom. The van der Waals surface area contributed by atoms with Crippen LogP contribution in [-0.4, -0.2) is 22.5 Å². The Kier molecular flexibility index (Phi) is 6.14. The lowest BCUT2D eigenvalue weighted by Crippen LogP contribution is -2.29. The molecule has 3 aromatic rings. The van der Waals surface area contributed by atoms with Crippen LogP contribution in [0.25, 0.3) is 6.08 Å². The Bertz CT molecular complexity index is 1260. The summed E-state index contributed by atoms with van der Waals surface area (Å²) in [6.45, 7) is 1.83. The van der Waals surface area contributed by atoms with Gasteiger partial charge < -0.3 is 4.74 Å². The van der Waals surface area contributed by atoms with Crippen molar-refractivity contribution in [2.75, 3.05) is 0 Å². The lowest BCUT2D eigenvalue weighted by atomic mass is 10.1. The van der Waals surface area contributed by atoms with Crippen LogP contribution in [0.5, 0.6) is 5.75 Å². The predicted molar refractivity (Wildman–Crippen MR) is 121 cm³/mol. The van der Waals surface area contributed by atoms with Crippen LogP contribution >= 0.6 is 11.6 Å². The van der Waals surface area contributed by atoms with Crippen molar-refractivity contribution >= 4 is 35.2 Å². The number of halogens is 2. The van der Waals surface area contributed by atoms with Gasteiger partial charge in [-0.3, -0.25) is 9.59 Å². The van der Waals surface area contributed by atoms with Crippen molar-refractivity contribution in [1.82, 2.24) is 5.01 Å². The minimum absolute atomic E-state index is 0.165. The summed E-state index contributed by atoms with van der Waals surface area (Å²) in [6.07, 6.45) is 1.63. The highest BCUT2D eigenvalue weighted by Gasteiger charge is 2.32. The first kappa shape index (κ1) is 21.5. The van der Waals surface area contributed by atoms with Gasteiger partial charge in [-0.15, -0.1) is 0 Å². The smallest absolute Gasteiger partial charge is 0.283 e. The SMILES string of the molecule is CC1=NN(C(=O)c2ccccc2)C(=O)/C1=C/c1ccc(OCc2cccc(F)c2)c(Cl)c1. The Labute approximate surface area is 189 Å². The van der Waals surface area contributed by atoms with Crippen LogP contribution in [0.4, 0.5) is 4.39 Å². The van der Waals surface area contributed by atoms with Crippen molar-refractivity contribution in [3.8, 4) is 5.75 Å². The molecule has 160 valence electrons. The third-order valence-electron chi connectivity index (χ3n) is 4.83. The first-order chi connectivity index (χ1) is 15.4. The highest BCUT2D eigenvalue weighted by Crippen LogP contribution is 2.28. The molecule has 0 bridgehead atoms. The fourth-order valence-corrected chi connectivity index (χ4v) is 3.45.